The SMILES string of the molecule is O=C(NCc1ccco1)c1ccccc1NC(=O)C1CCN(Cc2nc(-c3ccccc3)no2)CC1. The Morgan fingerprint density at radius 3 is 2.53 bits per heavy atom. The smallest absolute Gasteiger partial charge is 0.253 e. The zero-order valence-corrected chi connectivity index (χ0v) is 19.7. The average molecular weight is 486 g/mol. The van der Waals surface area contributed by atoms with Crippen LogP contribution in [-0.2, 0) is 17.9 Å². The van der Waals surface area contributed by atoms with Crippen LogP contribution in [0.15, 0.2) is 81.9 Å². The van der Waals surface area contributed by atoms with Crippen LogP contribution in [0.5, 0.6) is 0 Å². The van der Waals surface area contributed by atoms with Crippen molar-refractivity contribution in [1.29, 1.82) is 0 Å². The van der Waals surface area contributed by atoms with E-state index in [1.165, 1.54) is 0 Å². The van der Waals surface area contributed by atoms with E-state index in [2.05, 4.69) is 25.7 Å². The molecule has 2 aromatic heterocycles. The van der Waals surface area contributed by atoms with E-state index >= 15 is 0 Å². The molecule has 1 fully saturated rings. The van der Waals surface area contributed by atoms with Gasteiger partial charge in [-0.15, -0.1) is 0 Å². The number of hydrogen-bond acceptors (Lipinski definition) is 7. The van der Waals surface area contributed by atoms with Gasteiger partial charge in [0.25, 0.3) is 5.91 Å². The summed E-state index contributed by atoms with van der Waals surface area (Å²) in [6, 6.07) is 20.3. The van der Waals surface area contributed by atoms with Gasteiger partial charge in [0, 0.05) is 11.5 Å². The maximum Gasteiger partial charge on any atom is 0.253 e. The first-order chi connectivity index (χ1) is 17.7. The number of carbonyl (C=O) groups excluding carboxylic acids is 2. The summed E-state index contributed by atoms with van der Waals surface area (Å²) in [6.07, 6.45) is 2.97. The summed E-state index contributed by atoms with van der Waals surface area (Å²) >= 11 is 0. The van der Waals surface area contributed by atoms with Crippen molar-refractivity contribution in [2.45, 2.75) is 25.9 Å². The highest BCUT2D eigenvalue weighted by Crippen LogP contribution is 2.23. The Balaban J connectivity index is 1.13. The Bertz CT molecular complexity index is 1290. The number of nitrogens with zero attached hydrogens (tertiary/aromatic N) is 3. The van der Waals surface area contributed by atoms with Gasteiger partial charge in [0.2, 0.25) is 17.6 Å². The summed E-state index contributed by atoms with van der Waals surface area (Å²) in [5.41, 5.74) is 1.83. The first kappa shape index (κ1) is 23.5. The van der Waals surface area contributed by atoms with Gasteiger partial charge >= 0.3 is 0 Å². The van der Waals surface area contributed by atoms with Crippen molar-refractivity contribution >= 4 is 17.5 Å². The number of anilines is 1. The number of likely N-dealkylation sites (tertiary alicyclic amines) is 1. The molecule has 9 heteroatoms. The molecule has 1 aliphatic heterocycles. The van der Waals surface area contributed by atoms with E-state index in [1.807, 2.05) is 30.3 Å². The van der Waals surface area contributed by atoms with Gasteiger partial charge in [0.1, 0.15) is 5.76 Å². The second-order valence-electron chi connectivity index (χ2n) is 8.73. The van der Waals surface area contributed by atoms with Crippen LogP contribution in [-0.4, -0.2) is 39.9 Å². The van der Waals surface area contributed by atoms with Gasteiger partial charge in [-0.1, -0.05) is 47.6 Å². The van der Waals surface area contributed by atoms with Gasteiger partial charge in [-0.2, -0.15) is 4.98 Å². The van der Waals surface area contributed by atoms with Crippen LogP contribution < -0.4 is 10.6 Å². The zero-order chi connectivity index (χ0) is 24.7. The van der Waals surface area contributed by atoms with E-state index in [1.54, 1.807) is 42.7 Å². The van der Waals surface area contributed by atoms with Crippen LogP contribution in [0.25, 0.3) is 11.4 Å². The topological polar surface area (TPSA) is 114 Å². The Hall–Kier alpha value is -4.24. The van der Waals surface area contributed by atoms with Crippen LogP contribution in [0.1, 0.15) is 34.9 Å². The second-order valence-corrected chi connectivity index (χ2v) is 8.73. The lowest BCUT2D eigenvalue weighted by atomic mass is 9.95. The number of amides is 2. The molecule has 5 rings (SSSR count). The van der Waals surface area contributed by atoms with Crippen LogP contribution in [0.4, 0.5) is 5.69 Å². The van der Waals surface area contributed by atoms with Crippen molar-refractivity contribution in [3.05, 3.63) is 90.2 Å². The molecule has 9 nitrogen and oxygen atoms in total. The summed E-state index contributed by atoms with van der Waals surface area (Å²) < 4.78 is 10.7. The molecule has 4 aromatic rings. The minimum absolute atomic E-state index is 0.0786. The standard InChI is InChI=1S/C27H27N5O4/c33-26(29-23-11-5-4-10-22(23)27(34)28-17-21-9-6-16-35-21)20-12-14-32(15-13-20)18-24-30-25(31-36-24)19-7-2-1-3-8-19/h1-11,16,20H,12-15,17-18H2,(H,28,34)(H,29,33). The molecule has 3 heterocycles. The van der Waals surface area contributed by atoms with Gasteiger partial charge in [0.05, 0.1) is 30.6 Å². The molecule has 2 amide bonds. The number of piperidine rings is 1. The van der Waals surface area contributed by atoms with Crippen molar-refractivity contribution in [1.82, 2.24) is 20.4 Å². The molecule has 1 aliphatic rings. The quantitative estimate of drug-likeness (QED) is 0.386. The van der Waals surface area contributed by atoms with Crippen molar-refractivity contribution < 1.29 is 18.5 Å². The third-order valence-electron chi connectivity index (χ3n) is 6.25. The summed E-state index contributed by atoms with van der Waals surface area (Å²) in [6.45, 7) is 2.31. The predicted octanol–water partition coefficient (Wildman–Crippen LogP) is 4.11. The number of benzene rings is 2. The number of rotatable bonds is 8. The fourth-order valence-corrected chi connectivity index (χ4v) is 4.27. The van der Waals surface area contributed by atoms with Crippen LogP contribution >= 0.6 is 0 Å². The van der Waals surface area contributed by atoms with Crippen molar-refractivity contribution in [3.8, 4) is 11.4 Å². The fourth-order valence-electron chi connectivity index (χ4n) is 4.27. The lowest BCUT2D eigenvalue weighted by Gasteiger charge is -2.30. The summed E-state index contributed by atoms with van der Waals surface area (Å²) in [5.74, 6) is 1.31. The molecule has 0 radical (unpaired) electrons. The highest BCUT2D eigenvalue weighted by molar-refractivity contribution is 6.04. The molecular weight excluding hydrogens is 458 g/mol. The van der Waals surface area contributed by atoms with Gasteiger partial charge in [0.15, 0.2) is 0 Å². The first-order valence-corrected chi connectivity index (χ1v) is 12.0. The van der Waals surface area contributed by atoms with Gasteiger partial charge < -0.3 is 19.6 Å². The Morgan fingerprint density at radius 2 is 1.75 bits per heavy atom. The number of hydrogen-bond donors (Lipinski definition) is 2. The third kappa shape index (κ3) is 5.69. The van der Waals surface area contributed by atoms with Crippen LogP contribution in [0, 0.1) is 5.92 Å². The minimum atomic E-state index is -0.272. The van der Waals surface area contributed by atoms with E-state index in [0.717, 1.165) is 18.7 Å². The molecule has 2 N–H and O–H groups in total. The van der Waals surface area contributed by atoms with Crippen LogP contribution in [0.2, 0.25) is 0 Å². The van der Waals surface area contributed by atoms with E-state index in [4.69, 9.17) is 8.94 Å². The van der Waals surface area contributed by atoms with E-state index in [0.29, 0.717) is 48.1 Å². The molecular formula is C27H27N5O4. The zero-order valence-electron chi connectivity index (χ0n) is 19.7. The molecule has 0 bridgehead atoms. The van der Waals surface area contributed by atoms with Crippen molar-refractivity contribution in [2.24, 2.45) is 5.92 Å². The Morgan fingerprint density at radius 1 is 0.972 bits per heavy atom. The normalized spacial score (nSPS) is 14.4. The molecule has 0 unspecified atom stereocenters. The monoisotopic (exact) mass is 485 g/mol. The molecule has 0 aliphatic carbocycles. The number of aromatic nitrogens is 2. The third-order valence-corrected chi connectivity index (χ3v) is 6.25. The summed E-state index contributed by atoms with van der Waals surface area (Å²) in [7, 11) is 0. The van der Waals surface area contributed by atoms with Gasteiger partial charge in [-0.3, -0.25) is 14.5 Å². The highest BCUT2D eigenvalue weighted by atomic mass is 16.5. The van der Waals surface area contributed by atoms with Gasteiger partial charge in [-0.05, 0) is 50.2 Å². The van der Waals surface area contributed by atoms with E-state index in [9.17, 15) is 9.59 Å². The second kappa shape index (κ2) is 11.0. The maximum atomic E-state index is 13.0. The van der Waals surface area contributed by atoms with Crippen molar-refractivity contribution in [3.63, 3.8) is 0 Å². The largest absolute Gasteiger partial charge is 0.467 e. The van der Waals surface area contributed by atoms with Gasteiger partial charge in [-0.25, -0.2) is 0 Å². The maximum absolute atomic E-state index is 13.0. The molecule has 0 atom stereocenters. The average Bonchev–Trinajstić information content (AvgIpc) is 3.61. The Kier molecular flexibility index (Phi) is 7.18. The highest BCUT2D eigenvalue weighted by Gasteiger charge is 2.27. The fraction of sp³-hybridized carbons (Fsp3) is 0.259. The predicted molar refractivity (Wildman–Crippen MR) is 133 cm³/mol. The first-order valence-electron chi connectivity index (χ1n) is 12.0. The number of furan rings is 1. The molecule has 0 spiro atoms. The Labute approximate surface area is 208 Å². The molecule has 184 valence electrons. The summed E-state index contributed by atoms with van der Waals surface area (Å²) in [5, 5.41) is 9.86. The summed E-state index contributed by atoms with van der Waals surface area (Å²) in [4.78, 5) is 32.4. The van der Waals surface area contributed by atoms with Crippen molar-refractivity contribution in [2.75, 3.05) is 18.4 Å². The number of nitrogens with one attached hydrogen (secondary N) is 2. The molecule has 1 saturated heterocycles. The molecule has 36 heavy (non-hydrogen) atoms. The minimum Gasteiger partial charge on any atom is -0.467 e. The van der Waals surface area contributed by atoms with E-state index < -0.39 is 0 Å². The lowest BCUT2D eigenvalue weighted by molar-refractivity contribution is -0.121. The number of para-hydroxylation sites is 1. The number of carbonyl (C=O) groups is 2. The lowest BCUT2D eigenvalue weighted by Crippen LogP contribution is -2.38. The molecule has 2 aromatic carbocycles. The molecule has 0 saturated carbocycles. The van der Waals surface area contributed by atoms with Crippen LogP contribution in [0.3, 0.4) is 0 Å². The van der Waals surface area contributed by atoms with E-state index in [-0.39, 0.29) is 24.3 Å².